The number of Topliss-reactive ketones (excluding diaryl/α,β-unsaturated/α-hetero) is 1. The lowest BCUT2D eigenvalue weighted by Gasteiger charge is -2.25. The van der Waals surface area contributed by atoms with Gasteiger partial charge >= 0.3 is 6.03 Å². The molecule has 0 aromatic heterocycles. The Balaban J connectivity index is 1.45. The van der Waals surface area contributed by atoms with Crippen LogP contribution in [0.25, 0.3) is 0 Å². The van der Waals surface area contributed by atoms with Crippen LogP contribution in [0.2, 0.25) is 0 Å². The van der Waals surface area contributed by atoms with Gasteiger partial charge in [-0.3, -0.25) is 9.59 Å². The molecule has 0 spiro atoms. The number of likely N-dealkylation sites (tertiary alicyclic amines) is 2. The number of rotatable bonds is 5. The number of amides is 3. The third kappa shape index (κ3) is 3.95. The first kappa shape index (κ1) is 20.1. The molecule has 2 aliphatic rings. The minimum absolute atomic E-state index is 0.0578. The minimum atomic E-state index is -0.553. The molecule has 2 aromatic rings. The number of carbonyl (C=O) groups is 3. The van der Waals surface area contributed by atoms with Crippen LogP contribution in [0.1, 0.15) is 30.9 Å². The second-order valence-electron chi connectivity index (χ2n) is 7.98. The number of aryl methyl sites for hydroxylation is 1. The summed E-state index contributed by atoms with van der Waals surface area (Å²) in [5, 5.41) is 2.99. The molecule has 0 bridgehead atoms. The number of ketones is 1. The number of fused-ring (bicyclic) bond motifs is 1. The molecule has 2 aliphatic heterocycles. The van der Waals surface area contributed by atoms with E-state index in [-0.39, 0.29) is 36.7 Å². The smallest absolute Gasteiger partial charge is 0.322 e. The molecule has 0 aliphatic carbocycles. The quantitative estimate of drug-likeness (QED) is 0.830. The maximum Gasteiger partial charge on any atom is 0.322 e. The average Bonchev–Trinajstić information content (AvgIpc) is 3.32. The highest BCUT2D eigenvalue weighted by molar-refractivity contribution is 6.00. The fourth-order valence-corrected chi connectivity index (χ4v) is 4.56. The van der Waals surface area contributed by atoms with Gasteiger partial charge < -0.3 is 15.1 Å². The zero-order valence-electron chi connectivity index (χ0n) is 17.2. The number of anilines is 1. The normalized spacial score (nSPS) is 20.4. The standard InChI is InChI=1S/C24H27N3O3/c1-2-8-18-11-6-7-12-19(18)25-24(30)26-14-13-20-23(26)21(28)16-27(20)22(29)15-17-9-4-3-5-10-17/h3-7,9-12,20,23H,2,8,13-16H2,1H3,(H,25,30)/t20-,23+/m1/s1. The van der Waals surface area contributed by atoms with E-state index >= 15 is 0 Å². The van der Waals surface area contributed by atoms with E-state index < -0.39 is 6.04 Å². The Morgan fingerprint density at radius 2 is 1.77 bits per heavy atom. The van der Waals surface area contributed by atoms with Crippen LogP contribution in [0.4, 0.5) is 10.5 Å². The molecule has 2 atom stereocenters. The summed E-state index contributed by atoms with van der Waals surface area (Å²) in [5.74, 6) is -0.117. The molecule has 4 rings (SSSR count). The van der Waals surface area contributed by atoms with Crippen LogP contribution in [-0.4, -0.2) is 52.7 Å². The van der Waals surface area contributed by atoms with Crippen LogP contribution in [0.15, 0.2) is 54.6 Å². The molecule has 30 heavy (non-hydrogen) atoms. The van der Waals surface area contributed by atoms with Crippen molar-refractivity contribution in [3.63, 3.8) is 0 Å². The average molecular weight is 405 g/mol. The van der Waals surface area contributed by atoms with Crippen LogP contribution >= 0.6 is 0 Å². The van der Waals surface area contributed by atoms with Gasteiger partial charge in [-0.1, -0.05) is 61.9 Å². The fourth-order valence-electron chi connectivity index (χ4n) is 4.56. The van der Waals surface area contributed by atoms with E-state index in [4.69, 9.17) is 0 Å². The topological polar surface area (TPSA) is 69.7 Å². The Bertz CT molecular complexity index is 944. The first-order valence-electron chi connectivity index (χ1n) is 10.6. The Hall–Kier alpha value is -3.15. The summed E-state index contributed by atoms with van der Waals surface area (Å²) in [6.45, 7) is 2.65. The largest absolute Gasteiger partial charge is 0.329 e. The van der Waals surface area contributed by atoms with Crippen molar-refractivity contribution in [3.05, 3.63) is 65.7 Å². The van der Waals surface area contributed by atoms with Gasteiger partial charge in [0.05, 0.1) is 19.0 Å². The number of carbonyl (C=O) groups excluding carboxylic acids is 3. The van der Waals surface area contributed by atoms with E-state index in [0.717, 1.165) is 29.7 Å². The Morgan fingerprint density at radius 1 is 1.03 bits per heavy atom. The first-order valence-corrected chi connectivity index (χ1v) is 10.6. The van der Waals surface area contributed by atoms with Crippen molar-refractivity contribution in [2.75, 3.05) is 18.4 Å². The number of urea groups is 1. The number of hydrogen-bond acceptors (Lipinski definition) is 3. The summed E-state index contributed by atoms with van der Waals surface area (Å²) >= 11 is 0. The molecule has 156 valence electrons. The van der Waals surface area contributed by atoms with Gasteiger partial charge in [-0.25, -0.2) is 4.79 Å². The molecule has 0 saturated carbocycles. The van der Waals surface area contributed by atoms with Crippen LogP contribution in [-0.2, 0) is 22.4 Å². The monoisotopic (exact) mass is 405 g/mol. The van der Waals surface area contributed by atoms with Gasteiger partial charge in [0.2, 0.25) is 5.91 Å². The third-order valence-corrected chi connectivity index (χ3v) is 5.98. The van der Waals surface area contributed by atoms with E-state index in [9.17, 15) is 14.4 Å². The van der Waals surface area contributed by atoms with E-state index in [1.165, 1.54) is 0 Å². The maximum absolute atomic E-state index is 13.0. The summed E-state index contributed by atoms with van der Waals surface area (Å²) < 4.78 is 0. The van der Waals surface area contributed by atoms with Crippen LogP contribution in [0, 0.1) is 0 Å². The zero-order valence-corrected chi connectivity index (χ0v) is 17.2. The molecule has 0 radical (unpaired) electrons. The molecule has 1 N–H and O–H groups in total. The number of nitrogens with zero attached hydrogens (tertiary/aromatic N) is 2. The predicted molar refractivity (Wildman–Crippen MR) is 115 cm³/mol. The number of para-hydroxylation sites is 1. The van der Waals surface area contributed by atoms with Gasteiger partial charge in [0.25, 0.3) is 0 Å². The lowest BCUT2D eigenvalue weighted by atomic mass is 10.1. The zero-order chi connectivity index (χ0) is 21.1. The van der Waals surface area contributed by atoms with Gasteiger partial charge in [0, 0.05) is 12.2 Å². The van der Waals surface area contributed by atoms with E-state index in [1.807, 2.05) is 54.6 Å². The lowest BCUT2D eigenvalue weighted by molar-refractivity contribution is -0.132. The molecule has 6 nitrogen and oxygen atoms in total. The van der Waals surface area contributed by atoms with Crippen molar-refractivity contribution in [3.8, 4) is 0 Å². The second kappa shape index (κ2) is 8.69. The summed E-state index contributed by atoms with van der Waals surface area (Å²) in [5.41, 5.74) is 2.80. The van der Waals surface area contributed by atoms with Gasteiger partial charge in [0.1, 0.15) is 6.04 Å². The highest BCUT2D eigenvalue weighted by Crippen LogP contribution is 2.31. The van der Waals surface area contributed by atoms with Crippen LogP contribution < -0.4 is 5.32 Å². The van der Waals surface area contributed by atoms with Crippen molar-refractivity contribution < 1.29 is 14.4 Å². The third-order valence-electron chi connectivity index (χ3n) is 5.98. The van der Waals surface area contributed by atoms with Crippen LogP contribution in [0.3, 0.4) is 0 Å². The van der Waals surface area contributed by atoms with Crippen molar-refractivity contribution in [1.29, 1.82) is 0 Å². The Morgan fingerprint density at radius 3 is 2.53 bits per heavy atom. The number of benzene rings is 2. The van der Waals surface area contributed by atoms with Crippen molar-refractivity contribution in [2.24, 2.45) is 0 Å². The van der Waals surface area contributed by atoms with Crippen molar-refractivity contribution >= 4 is 23.4 Å². The molecule has 2 heterocycles. The second-order valence-corrected chi connectivity index (χ2v) is 7.98. The highest BCUT2D eigenvalue weighted by atomic mass is 16.2. The first-order chi connectivity index (χ1) is 14.6. The van der Waals surface area contributed by atoms with Gasteiger partial charge in [0.15, 0.2) is 5.78 Å². The van der Waals surface area contributed by atoms with Gasteiger partial charge in [-0.05, 0) is 30.0 Å². The predicted octanol–water partition coefficient (Wildman–Crippen LogP) is 3.27. The molecule has 6 heteroatoms. The summed E-state index contributed by atoms with van der Waals surface area (Å²) in [6, 6.07) is 16.2. The van der Waals surface area contributed by atoms with Crippen molar-refractivity contribution in [2.45, 2.75) is 44.7 Å². The lowest BCUT2D eigenvalue weighted by Crippen LogP contribution is -2.45. The highest BCUT2D eigenvalue weighted by Gasteiger charge is 2.51. The molecule has 2 aromatic carbocycles. The SMILES string of the molecule is CCCc1ccccc1NC(=O)N1CC[C@@H]2[C@H]1C(=O)CN2C(=O)Cc1ccccc1. The van der Waals surface area contributed by atoms with Crippen LogP contribution in [0.5, 0.6) is 0 Å². The molecular formula is C24H27N3O3. The number of nitrogens with one attached hydrogen (secondary N) is 1. The van der Waals surface area contributed by atoms with Crippen molar-refractivity contribution in [1.82, 2.24) is 9.80 Å². The molecule has 3 amide bonds. The van der Waals surface area contributed by atoms with E-state index in [0.29, 0.717) is 13.0 Å². The fraction of sp³-hybridized carbons (Fsp3) is 0.375. The maximum atomic E-state index is 13.0. The minimum Gasteiger partial charge on any atom is -0.329 e. The molecule has 2 fully saturated rings. The molecule has 0 unspecified atom stereocenters. The molecular weight excluding hydrogens is 378 g/mol. The summed E-state index contributed by atoms with van der Waals surface area (Å²) in [6.07, 6.45) is 2.76. The Labute approximate surface area is 176 Å². The van der Waals surface area contributed by atoms with E-state index in [2.05, 4.69) is 12.2 Å². The summed E-state index contributed by atoms with van der Waals surface area (Å²) in [7, 11) is 0. The van der Waals surface area contributed by atoms with Gasteiger partial charge in [-0.15, -0.1) is 0 Å². The summed E-state index contributed by atoms with van der Waals surface area (Å²) in [4.78, 5) is 41.8. The molecule has 2 saturated heterocycles. The van der Waals surface area contributed by atoms with E-state index in [1.54, 1.807) is 9.80 Å². The van der Waals surface area contributed by atoms with Gasteiger partial charge in [-0.2, -0.15) is 0 Å². The Kier molecular flexibility index (Phi) is 5.84. The number of hydrogen-bond donors (Lipinski definition) is 1.